The van der Waals surface area contributed by atoms with Gasteiger partial charge in [-0.25, -0.2) is 0 Å². The standard InChI is InChI=1S/C30H52O3/c1-22(13-9-14-24(3)21-31)11-8-12-23(2)15-10-18-30(33)20-16-26-28(5,6)27(32)17-19-29(26,7)25(30)4/h11,14-15,25-27,31-33H,8-10,12-13,16-21H2,1-7H3. The number of hydrogen-bond acceptors (Lipinski definition) is 3. The van der Waals surface area contributed by atoms with E-state index in [9.17, 15) is 10.2 Å². The first kappa shape index (κ1) is 28.3. The molecule has 2 saturated carbocycles. The minimum Gasteiger partial charge on any atom is -0.393 e. The summed E-state index contributed by atoms with van der Waals surface area (Å²) in [6.07, 6.45) is 16.3. The van der Waals surface area contributed by atoms with E-state index in [4.69, 9.17) is 5.11 Å². The fraction of sp³-hybridized carbons (Fsp3) is 0.800. The van der Waals surface area contributed by atoms with Crippen LogP contribution in [0.15, 0.2) is 34.9 Å². The number of rotatable bonds is 10. The van der Waals surface area contributed by atoms with Gasteiger partial charge >= 0.3 is 0 Å². The summed E-state index contributed by atoms with van der Waals surface area (Å²) in [5.41, 5.74) is 3.30. The van der Waals surface area contributed by atoms with Gasteiger partial charge in [0.2, 0.25) is 0 Å². The molecule has 0 amide bonds. The Morgan fingerprint density at radius 3 is 1.97 bits per heavy atom. The number of allylic oxidation sites excluding steroid dienone is 5. The van der Waals surface area contributed by atoms with E-state index >= 15 is 0 Å². The molecule has 0 bridgehead atoms. The second kappa shape index (κ2) is 11.7. The van der Waals surface area contributed by atoms with Crippen molar-refractivity contribution in [2.75, 3.05) is 6.61 Å². The van der Waals surface area contributed by atoms with Gasteiger partial charge in [0.1, 0.15) is 0 Å². The molecule has 0 saturated heterocycles. The summed E-state index contributed by atoms with van der Waals surface area (Å²) in [6, 6.07) is 0. The molecule has 3 nitrogen and oxygen atoms in total. The number of aliphatic hydroxyl groups is 3. The fourth-order valence-electron chi connectivity index (χ4n) is 6.79. The minimum atomic E-state index is -0.600. The molecular formula is C30H52O3. The third-order valence-corrected chi connectivity index (χ3v) is 9.55. The molecule has 0 aliphatic heterocycles. The van der Waals surface area contributed by atoms with E-state index in [2.05, 4.69) is 59.8 Å². The van der Waals surface area contributed by atoms with E-state index in [1.54, 1.807) is 0 Å². The Morgan fingerprint density at radius 1 is 0.848 bits per heavy atom. The van der Waals surface area contributed by atoms with Gasteiger partial charge in [0.05, 0.1) is 18.3 Å². The highest BCUT2D eigenvalue weighted by Gasteiger charge is 2.59. The van der Waals surface area contributed by atoms with Gasteiger partial charge in [-0.2, -0.15) is 0 Å². The van der Waals surface area contributed by atoms with Gasteiger partial charge in [-0.1, -0.05) is 62.6 Å². The Kier molecular flexibility index (Phi) is 10.0. The Bertz CT molecular complexity index is 731. The van der Waals surface area contributed by atoms with Crippen molar-refractivity contribution < 1.29 is 15.3 Å². The van der Waals surface area contributed by atoms with E-state index in [0.29, 0.717) is 5.92 Å². The monoisotopic (exact) mass is 460 g/mol. The first-order valence-corrected chi connectivity index (χ1v) is 13.3. The van der Waals surface area contributed by atoms with Crippen LogP contribution < -0.4 is 0 Å². The van der Waals surface area contributed by atoms with Crippen molar-refractivity contribution in [2.45, 2.75) is 124 Å². The molecule has 0 aromatic carbocycles. The molecule has 3 N–H and O–H groups in total. The highest BCUT2D eigenvalue weighted by Crippen LogP contribution is 2.62. The zero-order valence-corrected chi connectivity index (χ0v) is 22.6. The van der Waals surface area contributed by atoms with Gasteiger partial charge in [-0.15, -0.1) is 0 Å². The van der Waals surface area contributed by atoms with Crippen LogP contribution in [0.1, 0.15) is 113 Å². The van der Waals surface area contributed by atoms with Gasteiger partial charge in [-0.3, -0.25) is 0 Å². The lowest BCUT2D eigenvalue weighted by atomic mass is 9.45. The highest BCUT2D eigenvalue weighted by molar-refractivity contribution is 5.11. The van der Waals surface area contributed by atoms with Gasteiger partial charge < -0.3 is 15.3 Å². The van der Waals surface area contributed by atoms with Crippen molar-refractivity contribution in [1.82, 2.24) is 0 Å². The lowest BCUT2D eigenvalue weighted by Gasteiger charge is -2.62. The van der Waals surface area contributed by atoms with Gasteiger partial charge in [0.15, 0.2) is 0 Å². The molecule has 2 aliphatic carbocycles. The maximum atomic E-state index is 11.7. The van der Waals surface area contributed by atoms with Crippen LogP contribution in [0.5, 0.6) is 0 Å². The van der Waals surface area contributed by atoms with Crippen molar-refractivity contribution in [1.29, 1.82) is 0 Å². The molecule has 0 aromatic heterocycles. The van der Waals surface area contributed by atoms with E-state index in [1.807, 2.05) is 6.92 Å². The molecule has 0 radical (unpaired) electrons. The van der Waals surface area contributed by atoms with Crippen LogP contribution in [0, 0.1) is 22.7 Å². The fourth-order valence-corrected chi connectivity index (χ4v) is 6.79. The molecule has 2 aliphatic rings. The average Bonchev–Trinajstić information content (AvgIpc) is 2.75. The number of aliphatic hydroxyl groups excluding tert-OH is 2. The predicted molar refractivity (Wildman–Crippen MR) is 140 cm³/mol. The second-order valence-corrected chi connectivity index (χ2v) is 12.2. The molecule has 190 valence electrons. The van der Waals surface area contributed by atoms with Crippen LogP contribution in [0.25, 0.3) is 0 Å². The normalized spacial score (nSPS) is 35.5. The van der Waals surface area contributed by atoms with Gasteiger partial charge in [0, 0.05) is 0 Å². The largest absolute Gasteiger partial charge is 0.393 e. The Morgan fingerprint density at radius 2 is 1.39 bits per heavy atom. The Balaban J connectivity index is 1.86. The molecule has 3 heteroatoms. The Labute approximate surface area is 204 Å². The molecule has 2 rings (SSSR count). The smallest absolute Gasteiger partial charge is 0.0681 e. The summed E-state index contributed by atoms with van der Waals surface area (Å²) < 4.78 is 0. The van der Waals surface area contributed by atoms with Crippen molar-refractivity contribution >= 4 is 0 Å². The molecular weight excluding hydrogens is 408 g/mol. The zero-order valence-electron chi connectivity index (χ0n) is 22.6. The summed E-state index contributed by atoms with van der Waals surface area (Å²) in [4.78, 5) is 0. The number of hydrogen-bond donors (Lipinski definition) is 3. The average molecular weight is 461 g/mol. The van der Waals surface area contributed by atoms with Crippen LogP contribution in [0.4, 0.5) is 0 Å². The molecule has 33 heavy (non-hydrogen) atoms. The van der Waals surface area contributed by atoms with Crippen LogP contribution in [-0.4, -0.2) is 33.6 Å². The van der Waals surface area contributed by atoms with Crippen molar-refractivity contribution in [2.24, 2.45) is 22.7 Å². The van der Waals surface area contributed by atoms with Crippen LogP contribution >= 0.6 is 0 Å². The highest BCUT2D eigenvalue weighted by atomic mass is 16.3. The molecule has 2 fully saturated rings. The van der Waals surface area contributed by atoms with Gasteiger partial charge in [-0.05, 0) is 108 Å². The summed E-state index contributed by atoms with van der Waals surface area (Å²) >= 11 is 0. The maximum absolute atomic E-state index is 11.7. The third kappa shape index (κ3) is 6.83. The van der Waals surface area contributed by atoms with Crippen LogP contribution in [0.2, 0.25) is 0 Å². The van der Waals surface area contributed by atoms with Crippen molar-refractivity contribution in [3.05, 3.63) is 34.9 Å². The summed E-state index contributed by atoms with van der Waals surface area (Å²) in [6.45, 7) is 15.6. The van der Waals surface area contributed by atoms with Crippen molar-refractivity contribution in [3.63, 3.8) is 0 Å². The molecule has 5 unspecified atom stereocenters. The molecule has 0 heterocycles. The molecule has 5 atom stereocenters. The van der Waals surface area contributed by atoms with E-state index in [0.717, 1.165) is 69.8 Å². The summed E-state index contributed by atoms with van der Waals surface area (Å²) in [5.74, 6) is 0.720. The van der Waals surface area contributed by atoms with Crippen molar-refractivity contribution in [3.8, 4) is 0 Å². The van der Waals surface area contributed by atoms with Crippen LogP contribution in [0.3, 0.4) is 0 Å². The van der Waals surface area contributed by atoms with E-state index < -0.39 is 5.60 Å². The summed E-state index contributed by atoms with van der Waals surface area (Å²) in [7, 11) is 0. The third-order valence-electron chi connectivity index (χ3n) is 9.55. The molecule has 0 spiro atoms. The first-order chi connectivity index (χ1) is 15.4. The minimum absolute atomic E-state index is 0.0708. The first-order valence-electron chi connectivity index (χ1n) is 13.3. The summed E-state index contributed by atoms with van der Waals surface area (Å²) in [5, 5.41) is 31.3. The topological polar surface area (TPSA) is 60.7 Å². The Hall–Kier alpha value is -0.900. The maximum Gasteiger partial charge on any atom is 0.0681 e. The second-order valence-electron chi connectivity index (χ2n) is 12.2. The predicted octanol–water partition coefficient (Wildman–Crippen LogP) is 7.12. The SMILES string of the molecule is CC(=CCCC(C)=CCCC(C)=CCCC1(O)CCC2C(C)(C)C(O)CCC2(C)C1C)CO. The lowest BCUT2D eigenvalue weighted by molar-refractivity contribution is -0.196. The van der Waals surface area contributed by atoms with E-state index in [-0.39, 0.29) is 29.5 Å². The quantitative estimate of drug-likeness (QED) is 0.304. The zero-order chi connectivity index (χ0) is 24.9. The number of fused-ring (bicyclic) bond motifs is 1. The molecule has 0 aromatic rings. The lowest BCUT2D eigenvalue weighted by Crippen LogP contribution is -2.60. The van der Waals surface area contributed by atoms with E-state index in [1.165, 1.54) is 11.1 Å². The van der Waals surface area contributed by atoms with Crippen LogP contribution in [-0.2, 0) is 0 Å². The van der Waals surface area contributed by atoms with Gasteiger partial charge in [0.25, 0.3) is 0 Å².